The molecule has 0 aromatic heterocycles. The largest absolute Gasteiger partial charge is 3.00 e. The normalized spacial score (nSPS) is 12.7. The molecule has 4 nitrogen and oxygen atoms in total. The van der Waals surface area contributed by atoms with Gasteiger partial charge in [-0.1, -0.05) is 199 Å². The molecule has 0 rings (SSSR count). The average molecular weight is 887 g/mol. The fourth-order valence-electron chi connectivity index (χ4n) is 3.94. The van der Waals surface area contributed by atoms with E-state index >= 15 is 0 Å². The van der Waals surface area contributed by atoms with Gasteiger partial charge in [-0.05, 0) is 20.3 Å². The molecule has 0 spiro atoms. The number of aliphatic hydroxyl groups is 1. The molecule has 239 valence electrons. The third-order valence-corrected chi connectivity index (χ3v) is 19.7. The van der Waals surface area contributed by atoms with Crippen LogP contribution in [0.2, 0.25) is 118 Å². The zero-order valence-electron chi connectivity index (χ0n) is 31.3. The summed E-state index contributed by atoms with van der Waals surface area (Å²) in [6.07, 6.45) is 5.90. The predicted molar refractivity (Wildman–Crippen MR) is 203 cm³/mol. The van der Waals surface area contributed by atoms with Gasteiger partial charge in [-0.2, -0.15) is 0 Å². The molecule has 0 heterocycles. The topological polar surface area (TPSA) is 62.5 Å². The molecule has 40 heavy (non-hydrogen) atoms. The third kappa shape index (κ3) is 72.2. The monoisotopic (exact) mass is 886 g/mol. The van der Waals surface area contributed by atoms with Crippen molar-refractivity contribution in [3.8, 4) is 11.8 Å². The van der Waals surface area contributed by atoms with Crippen molar-refractivity contribution in [1.82, 2.24) is 0 Å². The SMILES string of the molecule is CCCCCCC#CC(C)(C)O.C[Si](C)(C)[N-][Si](C)(C)C.C[Si](C)(C)[N-][Si](C)(C)C.C[Si](C)(C)[N-][Si](C)(C)C.[U+3]. The van der Waals surface area contributed by atoms with Crippen LogP contribution in [0.3, 0.4) is 0 Å². The van der Waals surface area contributed by atoms with Crippen molar-refractivity contribution in [2.45, 2.75) is 176 Å². The molecule has 0 saturated heterocycles. The molecule has 0 aliphatic heterocycles. The first-order valence-electron chi connectivity index (χ1n) is 15.1. The van der Waals surface area contributed by atoms with E-state index in [1.165, 1.54) is 19.3 Å². The van der Waals surface area contributed by atoms with Crippen LogP contribution in [-0.2, 0) is 0 Å². The van der Waals surface area contributed by atoms with Crippen LogP contribution in [0.4, 0.5) is 0 Å². The van der Waals surface area contributed by atoms with Crippen molar-refractivity contribution in [2.24, 2.45) is 0 Å². The summed E-state index contributed by atoms with van der Waals surface area (Å²) in [6.45, 7) is 47.0. The van der Waals surface area contributed by atoms with Gasteiger partial charge in [0.05, 0.1) is 0 Å². The van der Waals surface area contributed by atoms with Gasteiger partial charge in [-0.15, -0.1) is 5.92 Å². The summed E-state index contributed by atoms with van der Waals surface area (Å²) >= 11 is 0. The molecule has 0 aliphatic carbocycles. The van der Waals surface area contributed by atoms with Crippen molar-refractivity contribution < 1.29 is 36.2 Å². The second kappa shape index (κ2) is 22.3. The Morgan fingerprint density at radius 2 is 0.750 bits per heavy atom. The molecule has 1 radical (unpaired) electrons. The minimum absolute atomic E-state index is 0. The molecule has 0 aromatic carbocycles. The summed E-state index contributed by atoms with van der Waals surface area (Å²) in [7, 11) is -6.64. The smallest absolute Gasteiger partial charge is 0.668 e. The molecule has 0 unspecified atom stereocenters. The van der Waals surface area contributed by atoms with Gasteiger partial charge in [0.1, 0.15) is 5.60 Å². The molecule has 0 saturated carbocycles. The third-order valence-electron chi connectivity index (χ3n) is 3.56. The zero-order valence-corrected chi connectivity index (χ0v) is 41.5. The molecular formula is C29H74N3OSi6U. The molecule has 0 aliphatic rings. The van der Waals surface area contributed by atoms with Gasteiger partial charge >= 0.3 is 31.1 Å². The Balaban J connectivity index is -0.000000136. The number of hydrogen-bond acceptors (Lipinski definition) is 1. The van der Waals surface area contributed by atoms with Crippen LogP contribution in [0.25, 0.3) is 13.9 Å². The second-order valence-electron chi connectivity index (χ2n) is 17.0. The van der Waals surface area contributed by atoms with Crippen molar-refractivity contribution in [1.29, 1.82) is 0 Å². The number of unbranched alkanes of at least 4 members (excludes halogenated alkanes) is 4. The zero-order chi connectivity index (χ0) is 32.6. The Hall–Kier alpha value is 1.75. The molecular weight excluding hydrogens is 813 g/mol. The first kappa shape index (κ1) is 51.3. The van der Waals surface area contributed by atoms with Gasteiger partial charge < -0.3 is 19.1 Å². The van der Waals surface area contributed by atoms with E-state index in [1.54, 1.807) is 13.8 Å². The Labute approximate surface area is 285 Å². The van der Waals surface area contributed by atoms with Gasteiger partial charge in [-0.3, -0.25) is 0 Å². The van der Waals surface area contributed by atoms with Gasteiger partial charge in [0.25, 0.3) is 0 Å². The summed E-state index contributed by atoms with van der Waals surface area (Å²) in [4.78, 5) is 0. The molecule has 0 amide bonds. The molecule has 1 N–H and O–H groups in total. The maximum Gasteiger partial charge on any atom is 3.00 e. The van der Waals surface area contributed by atoms with Gasteiger partial charge in [-0.25, -0.2) is 0 Å². The fraction of sp³-hybridized carbons (Fsp3) is 0.931. The van der Waals surface area contributed by atoms with E-state index in [-0.39, 0.29) is 31.1 Å². The van der Waals surface area contributed by atoms with Crippen LogP contribution in [0.1, 0.15) is 52.9 Å². The van der Waals surface area contributed by atoms with E-state index in [1.807, 2.05) is 0 Å². The van der Waals surface area contributed by atoms with E-state index in [4.69, 9.17) is 13.9 Å². The van der Waals surface area contributed by atoms with Gasteiger partial charge in [0.2, 0.25) is 0 Å². The molecule has 0 aromatic rings. The quantitative estimate of drug-likeness (QED) is 0.133. The Morgan fingerprint density at radius 1 is 0.500 bits per heavy atom. The summed E-state index contributed by atoms with van der Waals surface area (Å²) in [5.41, 5.74) is -0.815. The standard InChI is InChI=1S/C11H20O.3C6H18NSi2.U/c1-4-5-6-7-8-9-10-11(2,3)12;3*1-8(2,3)7-9(4,5)6;/h12H,4-8H2,1-3H3;3*1-6H3;/q;3*-1;+3. The van der Waals surface area contributed by atoms with Crippen LogP contribution in [0, 0.1) is 43.0 Å². The fourth-order valence-corrected chi connectivity index (χ4v) is 28.1. The van der Waals surface area contributed by atoms with Gasteiger partial charge in [0, 0.05) is 6.42 Å². The first-order valence-corrected chi connectivity index (χ1v) is 35.8. The van der Waals surface area contributed by atoms with E-state index in [2.05, 4.69) is 137 Å². The second-order valence-corrected chi connectivity index (χ2v) is 45.8. The molecule has 0 bridgehead atoms. The van der Waals surface area contributed by atoms with Crippen LogP contribution in [-0.4, -0.2) is 60.1 Å². The van der Waals surface area contributed by atoms with E-state index in [0.29, 0.717) is 0 Å². The van der Waals surface area contributed by atoms with E-state index in [9.17, 15) is 5.11 Å². The van der Waals surface area contributed by atoms with Crippen molar-refractivity contribution in [2.75, 3.05) is 0 Å². The van der Waals surface area contributed by atoms with Gasteiger partial charge in [0.15, 0.2) is 0 Å². The van der Waals surface area contributed by atoms with Crippen LogP contribution in [0.5, 0.6) is 0 Å². The molecule has 0 atom stereocenters. The number of nitrogens with zero attached hydrogens (tertiary/aromatic N) is 3. The Kier molecular flexibility index (Phi) is 28.6. The Bertz CT molecular complexity index is 567. The maximum absolute atomic E-state index is 9.25. The number of rotatable bonds is 10. The summed E-state index contributed by atoms with van der Waals surface area (Å²) in [5.74, 6) is 5.79. The molecule has 0 fully saturated rings. The van der Waals surface area contributed by atoms with Crippen LogP contribution < -0.4 is 0 Å². The van der Waals surface area contributed by atoms with Crippen molar-refractivity contribution in [3.05, 3.63) is 13.9 Å². The van der Waals surface area contributed by atoms with Crippen LogP contribution >= 0.6 is 0 Å². The van der Waals surface area contributed by atoms with E-state index < -0.39 is 55.0 Å². The van der Waals surface area contributed by atoms with E-state index in [0.717, 1.165) is 12.8 Å². The first-order chi connectivity index (χ1) is 16.7. The maximum atomic E-state index is 9.25. The van der Waals surface area contributed by atoms with Crippen LogP contribution in [0.15, 0.2) is 0 Å². The Morgan fingerprint density at radius 3 is 0.900 bits per heavy atom. The minimum atomic E-state index is -1.11. The average Bonchev–Trinajstić information content (AvgIpc) is 2.48. The summed E-state index contributed by atoms with van der Waals surface area (Å²) < 4.78 is 14.5. The summed E-state index contributed by atoms with van der Waals surface area (Å²) in [6, 6.07) is 0. The van der Waals surface area contributed by atoms with Crippen molar-refractivity contribution in [3.63, 3.8) is 0 Å². The minimum Gasteiger partial charge on any atom is -0.668 e. The number of hydrogen-bond donors (Lipinski definition) is 1. The summed E-state index contributed by atoms with van der Waals surface area (Å²) in [5, 5.41) is 9.25. The van der Waals surface area contributed by atoms with Crippen molar-refractivity contribution >= 4 is 49.4 Å². The molecule has 11 heteroatoms. The predicted octanol–water partition coefficient (Wildman–Crippen LogP) is 11.8.